The Kier molecular flexibility index (Phi) is 7.06. The Morgan fingerprint density at radius 3 is 2.20 bits per heavy atom. The second kappa shape index (κ2) is 10.2. The predicted octanol–water partition coefficient (Wildman–Crippen LogP) is 5.67. The summed E-state index contributed by atoms with van der Waals surface area (Å²) in [6.07, 6.45) is 1.35. The van der Waals surface area contributed by atoms with Crippen LogP contribution < -0.4 is 15.6 Å². The molecular weight excluding hydrogens is 436 g/mol. The minimum Gasteiger partial charge on any atom is -0.497 e. The third-order valence-corrected chi connectivity index (χ3v) is 6.42. The van der Waals surface area contributed by atoms with Crippen LogP contribution in [0.5, 0.6) is 5.75 Å². The number of methoxy groups -OCH3 is 1. The minimum atomic E-state index is -0.234. The van der Waals surface area contributed by atoms with Crippen molar-refractivity contribution in [1.29, 1.82) is 0 Å². The van der Waals surface area contributed by atoms with E-state index in [0.29, 0.717) is 23.3 Å². The third-order valence-electron chi connectivity index (χ3n) is 6.42. The highest BCUT2D eigenvalue weighted by Crippen LogP contribution is 2.23. The Balaban J connectivity index is 1.69. The first kappa shape index (κ1) is 24.3. The number of benzene rings is 3. The van der Waals surface area contributed by atoms with Gasteiger partial charge in [-0.05, 0) is 80.8 Å². The molecule has 1 heterocycles. The number of aryl methyl sites for hydroxylation is 6. The highest BCUT2D eigenvalue weighted by Gasteiger charge is 2.15. The fourth-order valence-electron chi connectivity index (χ4n) is 4.61. The molecule has 1 amide bonds. The van der Waals surface area contributed by atoms with Crippen LogP contribution in [-0.2, 0) is 24.2 Å². The Morgan fingerprint density at radius 2 is 1.54 bits per heavy atom. The molecule has 35 heavy (non-hydrogen) atoms. The number of hydrogen-bond donors (Lipinski definition) is 1. The lowest BCUT2D eigenvalue weighted by Gasteiger charge is -2.16. The summed E-state index contributed by atoms with van der Waals surface area (Å²) >= 11 is 0. The van der Waals surface area contributed by atoms with Crippen LogP contribution >= 0.6 is 0 Å². The van der Waals surface area contributed by atoms with Crippen LogP contribution in [0.15, 0.2) is 65.5 Å². The van der Waals surface area contributed by atoms with E-state index in [1.165, 1.54) is 11.1 Å². The van der Waals surface area contributed by atoms with E-state index in [1.807, 2.05) is 57.2 Å². The summed E-state index contributed by atoms with van der Waals surface area (Å²) < 4.78 is 6.96. The molecule has 0 unspecified atom stereocenters. The van der Waals surface area contributed by atoms with Gasteiger partial charge in [0.2, 0.25) is 5.91 Å². The number of rotatable bonds is 7. The smallest absolute Gasteiger partial charge is 0.254 e. The number of carbonyl (C=O) groups is 1. The van der Waals surface area contributed by atoms with Crippen molar-refractivity contribution in [3.8, 4) is 5.75 Å². The number of anilines is 1. The summed E-state index contributed by atoms with van der Waals surface area (Å²) in [5.41, 5.74) is 7.56. The van der Waals surface area contributed by atoms with Gasteiger partial charge >= 0.3 is 0 Å². The van der Waals surface area contributed by atoms with Gasteiger partial charge in [-0.1, -0.05) is 47.5 Å². The molecule has 0 fully saturated rings. The summed E-state index contributed by atoms with van der Waals surface area (Å²) in [6, 6.07) is 20.0. The number of nitrogens with one attached hydrogen (secondary N) is 1. The predicted molar refractivity (Wildman–Crippen MR) is 143 cm³/mol. The van der Waals surface area contributed by atoms with E-state index in [1.54, 1.807) is 11.7 Å². The average Bonchev–Trinajstić information content (AvgIpc) is 2.83. The third kappa shape index (κ3) is 5.46. The van der Waals surface area contributed by atoms with Gasteiger partial charge < -0.3 is 10.1 Å². The van der Waals surface area contributed by atoms with Crippen LogP contribution in [0.4, 0.5) is 5.69 Å². The van der Waals surface area contributed by atoms with Crippen molar-refractivity contribution in [1.82, 2.24) is 4.57 Å². The molecule has 0 radical (unpaired) electrons. The van der Waals surface area contributed by atoms with Crippen molar-refractivity contribution in [3.63, 3.8) is 0 Å². The molecule has 0 bridgehead atoms. The molecule has 0 aliphatic rings. The van der Waals surface area contributed by atoms with Crippen LogP contribution in [-0.4, -0.2) is 17.6 Å². The molecule has 5 heteroatoms. The van der Waals surface area contributed by atoms with Crippen molar-refractivity contribution in [2.24, 2.45) is 0 Å². The van der Waals surface area contributed by atoms with E-state index in [-0.39, 0.29) is 18.0 Å². The van der Waals surface area contributed by atoms with Gasteiger partial charge in [0.25, 0.3) is 5.56 Å². The maximum atomic E-state index is 13.6. The van der Waals surface area contributed by atoms with E-state index in [4.69, 9.17) is 4.74 Å². The monoisotopic (exact) mass is 468 g/mol. The fourth-order valence-corrected chi connectivity index (χ4v) is 4.61. The van der Waals surface area contributed by atoms with Gasteiger partial charge in [0.1, 0.15) is 12.3 Å². The van der Waals surface area contributed by atoms with Gasteiger partial charge in [-0.15, -0.1) is 0 Å². The van der Waals surface area contributed by atoms with E-state index >= 15 is 0 Å². The average molecular weight is 469 g/mol. The molecule has 0 aliphatic heterocycles. The minimum absolute atomic E-state index is 0.0758. The summed E-state index contributed by atoms with van der Waals surface area (Å²) in [5.74, 6) is 0.408. The number of hydrogen-bond acceptors (Lipinski definition) is 3. The standard InChI is InChI=1S/C30H32N2O3/c1-19-6-8-23(9-7-19)10-11-25-16-24-12-13-26(35-5)17-27(24)32(30(25)34)18-28(33)31-29-21(3)14-20(2)15-22(29)4/h6-9,12-17H,10-11,18H2,1-5H3,(H,31,33). The number of carbonyl (C=O) groups excluding carboxylic acids is 1. The SMILES string of the molecule is COc1ccc2cc(CCc3ccc(C)cc3)c(=O)n(CC(=O)Nc3c(C)cc(C)cc3C)c2c1. The first-order chi connectivity index (χ1) is 16.7. The Hall–Kier alpha value is -3.86. The van der Waals surface area contributed by atoms with Gasteiger partial charge in [0.15, 0.2) is 0 Å². The molecule has 0 saturated carbocycles. The van der Waals surface area contributed by atoms with Gasteiger partial charge in [0.05, 0.1) is 12.6 Å². The lowest BCUT2D eigenvalue weighted by atomic mass is 10.0. The second-order valence-electron chi connectivity index (χ2n) is 9.29. The topological polar surface area (TPSA) is 60.3 Å². The van der Waals surface area contributed by atoms with Crippen LogP contribution in [0.3, 0.4) is 0 Å². The summed E-state index contributed by atoms with van der Waals surface area (Å²) in [5, 5.41) is 3.93. The maximum absolute atomic E-state index is 13.6. The fraction of sp³-hybridized carbons (Fsp3) is 0.267. The van der Waals surface area contributed by atoms with Crippen LogP contribution in [0.2, 0.25) is 0 Å². The van der Waals surface area contributed by atoms with Gasteiger partial charge in [-0.3, -0.25) is 14.2 Å². The zero-order chi connectivity index (χ0) is 25.1. The first-order valence-electron chi connectivity index (χ1n) is 11.9. The van der Waals surface area contributed by atoms with E-state index in [9.17, 15) is 9.59 Å². The Labute approximate surface area is 206 Å². The number of amides is 1. The molecule has 3 aromatic carbocycles. The zero-order valence-corrected chi connectivity index (χ0v) is 21.1. The summed E-state index contributed by atoms with van der Waals surface area (Å²) in [4.78, 5) is 26.7. The van der Waals surface area contributed by atoms with Crippen LogP contribution in [0.25, 0.3) is 10.9 Å². The van der Waals surface area contributed by atoms with Crippen molar-refractivity contribution in [2.75, 3.05) is 12.4 Å². The molecule has 5 nitrogen and oxygen atoms in total. The summed E-state index contributed by atoms with van der Waals surface area (Å²) in [7, 11) is 1.59. The molecule has 0 aliphatic carbocycles. The van der Waals surface area contributed by atoms with Crippen molar-refractivity contribution < 1.29 is 9.53 Å². The van der Waals surface area contributed by atoms with E-state index < -0.39 is 0 Å². The number of fused-ring (bicyclic) bond motifs is 1. The number of ether oxygens (including phenoxy) is 1. The van der Waals surface area contributed by atoms with Crippen molar-refractivity contribution in [2.45, 2.75) is 47.1 Å². The molecule has 0 atom stereocenters. The van der Waals surface area contributed by atoms with Crippen LogP contribution in [0, 0.1) is 27.7 Å². The quantitative estimate of drug-likeness (QED) is 0.380. The molecule has 1 N–H and O–H groups in total. The number of pyridine rings is 1. The molecule has 4 rings (SSSR count). The molecule has 4 aromatic rings. The zero-order valence-electron chi connectivity index (χ0n) is 21.1. The van der Waals surface area contributed by atoms with Crippen molar-refractivity contribution >= 4 is 22.5 Å². The Morgan fingerprint density at radius 1 is 0.857 bits per heavy atom. The van der Waals surface area contributed by atoms with Crippen molar-refractivity contribution in [3.05, 3.63) is 104 Å². The highest BCUT2D eigenvalue weighted by molar-refractivity contribution is 5.93. The molecular formula is C30H32N2O3. The molecule has 0 saturated heterocycles. The van der Waals surface area contributed by atoms with Gasteiger partial charge in [-0.2, -0.15) is 0 Å². The van der Waals surface area contributed by atoms with Gasteiger partial charge in [-0.25, -0.2) is 0 Å². The molecule has 0 spiro atoms. The lowest BCUT2D eigenvalue weighted by Crippen LogP contribution is -2.30. The largest absolute Gasteiger partial charge is 0.497 e. The first-order valence-corrected chi connectivity index (χ1v) is 11.9. The van der Waals surface area contributed by atoms with Gasteiger partial charge in [0, 0.05) is 17.3 Å². The number of aromatic nitrogens is 1. The molecule has 180 valence electrons. The summed E-state index contributed by atoms with van der Waals surface area (Å²) in [6.45, 7) is 7.98. The second-order valence-corrected chi connectivity index (χ2v) is 9.29. The highest BCUT2D eigenvalue weighted by atomic mass is 16.5. The maximum Gasteiger partial charge on any atom is 0.254 e. The van der Waals surface area contributed by atoms with E-state index in [0.717, 1.165) is 34.2 Å². The van der Waals surface area contributed by atoms with E-state index in [2.05, 4.69) is 36.5 Å². The Bertz CT molecular complexity index is 1430. The molecule has 1 aromatic heterocycles. The van der Waals surface area contributed by atoms with Crippen LogP contribution in [0.1, 0.15) is 33.4 Å². The lowest BCUT2D eigenvalue weighted by molar-refractivity contribution is -0.116. The normalized spacial score (nSPS) is 11.0. The number of nitrogens with zero attached hydrogens (tertiary/aromatic N) is 1.